The van der Waals surface area contributed by atoms with Gasteiger partial charge in [0.1, 0.15) is 0 Å². The molecule has 0 aliphatic heterocycles. The van der Waals surface area contributed by atoms with Crippen molar-refractivity contribution in [3.05, 3.63) is 79.9 Å². The molecule has 0 radical (unpaired) electrons. The zero-order valence-electron chi connectivity index (χ0n) is 13.5. The van der Waals surface area contributed by atoms with Crippen LogP contribution in [0.5, 0.6) is 0 Å². The number of rotatable bonds is 2. The normalized spacial score (nSPS) is 11.5. The van der Waals surface area contributed by atoms with Gasteiger partial charge in [0, 0.05) is 37.4 Å². The van der Waals surface area contributed by atoms with Gasteiger partial charge in [-0.1, -0.05) is 36.4 Å². The number of hydrogen-bond acceptors (Lipinski definition) is 2. The minimum Gasteiger partial charge on any atom is -0.135 e. The average Bonchev–Trinajstić information content (AvgIpc) is 3.26. The van der Waals surface area contributed by atoms with Crippen LogP contribution in [0.2, 0.25) is 0 Å². The minimum atomic E-state index is 1.31. The molecule has 0 fully saturated rings. The molecule has 2 heterocycles. The van der Waals surface area contributed by atoms with Crippen LogP contribution in [0.1, 0.15) is 0 Å². The van der Waals surface area contributed by atoms with E-state index >= 15 is 0 Å². The van der Waals surface area contributed by atoms with Crippen LogP contribution in [-0.2, 0) is 0 Å². The fourth-order valence-electron chi connectivity index (χ4n) is 3.15. The molecule has 5 aromatic rings. The Balaban J connectivity index is 1.64. The molecule has 0 unspecified atom stereocenters. The molecule has 0 nitrogen and oxygen atoms in total. The van der Waals surface area contributed by atoms with Gasteiger partial charge in [-0.05, 0) is 92.4 Å². The Hall–Kier alpha value is -0.960. The minimum absolute atomic E-state index is 1.31. The summed E-state index contributed by atoms with van der Waals surface area (Å²) in [5.41, 5.74) is 2.67. The second-order valence-electron chi connectivity index (χ2n) is 6.11. The zero-order valence-corrected chi connectivity index (χ0v) is 19.4. The highest BCUT2D eigenvalue weighted by atomic mass is 127. The Kier molecular flexibility index (Phi) is 4.55. The first kappa shape index (κ1) is 17.2. The van der Waals surface area contributed by atoms with Gasteiger partial charge in [-0.25, -0.2) is 0 Å². The van der Waals surface area contributed by atoms with E-state index in [9.17, 15) is 0 Å². The van der Waals surface area contributed by atoms with Crippen molar-refractivity contribution in [3.8, 4) is 20.9 Å². The van der Waals surface area contributed by atoms with Gasteiger partial charge < -0.3 is 0 Å². The first-order valence-corrected chi connectivity index (χ1v) is 11.9. The molecule has 0 atom stereocenters. The second-order valence-corrected chi connectivity index (χ2v) is 10.6. The van der Waals surface area contributed by atoms with Crippen molar-refractivity contribution in [2.24, 2.45) is 0 Å². The largest absolute Gasteiger partial charge is 0.135 e. The Labute approximate surface area is 187 Å². The molecule has 0 saturated heterocycles. The van der Waals surface area contributed by atoms with E-state index in [4.69, 9.17) is 0 Å². The van der Waals surface area contributed by atoms with Crippen molar-refractivity contribution in [2.45, 2.75) is 0 Å². The first-order valence-electron chi connectivity index (χ1n) is 8.16. The molecular weight excluding hydrogens is 582 g/mol. The van der Waals surface area contributed by atoms with Crippen molar-refractivity contribution in [1.29, 1.82) is 0 Å². The third kappa shape index (κ3) is 3.00. The molecule has 0 saturated carbocycles. The number of thiophene rings is 2. The monoisotopic (exact) mass is 594 g/mol. The molecule has 3 aromatic carbocycles. The summed E-state index contributed by atoms with van der Waals surface area (Å²) in [7, 11) is 0. The van der Waals surface area contributed by atoms with Crippen molar-refractivity contribution in [3.63, 3.8) is 0 Å². The maximum atomic E-state index is 2.48. The molecule has 0 aliphatic carbocycles. The number of hydrogen-bond donors (Lipinski definition) is 0. The topological polar surface area (TPSA) is 0 Å². The van der Waals surface area contributed by atoms with Crippen LogP contribution >= 0.6 is 67.9 Å². The van der Waals surface area contributed by atoms with Crippen molar-refractivity contribution >= 4 is 88.0 Å². The van der Waals surface area contributed by atoms with Crippen LogP contribution in [-0.4, -0.2) is 0 Å². The van der Waals surface area contributed by atoms with Gasteiger partial charge >= 0.3 is 0 Å². The first-order chi connectivity index (χ1) is 12.7. The molecular formula is C22H12I2S2. The molecule has 2 aromatic heterocycles. The predicted molar refractivity (Wildman–Crippen MR) is 134 cm³/mol. The van der Waals surface area contributed by atoms with Crippen LogP contribution in [0, 0.1) is 7.14 Å². The van der Waals surface area contributed by atoms with Gasteiger partial charge in [0.2, 0.25) is 0 Å². The molecule has 26 heavy (non-hydrogen) atoms. The molecule has 0 amide bonds. The highest BCUT2D eigenvalue weighted by molar-refractivity contribution is 14.1. The Morgan fingerprint density at radius 3 is 1.38 bits per heavy atom. The van der Waals surface area contributed by atoms with Crippen LogP contribution in [0.3, 0.4) is 0 Å². The van der Waals surface area contributed by atoms with E-state index in [2.05, 4.69) is 118 Å². The van der Waals surface area contributed by atoms with Crippen LogP contribution in [0.4, 0.5) is 0 Å². The molecule has 0 aliphatic rings. The molecule has 126 valence electrons. The van der Waals surface area contributed by atoms with Gasteiger partial charge in [0.25, 0.3) is 0 Å². The fourth-order valence-corrected chi connectivity index (χ4v) is 7.22. The fraction of sp³-hybridized carbons (Fsp3) is 0. The second kappa shape index (κ2) is 6.89. The van der Waals surface area contributed by atoms with Crippen LogP contribution < -0.4 is 0 Å². The molecule has 0 spiro atoms. The van der Waals surface area contributed by atoms with Crippen LogP contribution in [0.25, 0.3) is 41.1 Å². The van der Waals surface area contributed by atoms with Gasteiger partial charge in [-0.2, -0.15) is 0 Å². The molecule has 0 bridgehead atoms. The number of fused-ring (bicyclic) bond motifs is 2. The predicted octanol–water partition coefficient (Wildman–Crippen LogP) is 8.66. The van der Waals surface area contributed by atoms with E-state index in [1.165, 1.54) is 48.2 Å². The Morgan fingerprint density at radius 1 is 0.538 bits per heavy atom. The lowest BCUT2D eigenvalue weighted by atomic mass is 10.1. The van der Waals surface area contributed by atoms with Crippen molar-refractivity contribution < 1.29 is 0 Å². The van der Waals surface area contributed by atoms with E-state index in [1.54, 1.807) is 0 Å². The quantitative estimate of drug-likeness (QED) is 0.180. The number of halogens is 2. The highest BCUT2D eigenvalue weighted by Gasteiger charge is 2.14. The van der Waals surface area contributed by atoms with Gasteiger partial charge in [0.15, 0.2) is 0 Å². The summed E-state index contributed by atoms with van der Waals surface area (Å²) in [6.45, 7) is 0. The average molecular weight is 594 g/mol. The highest BCUT2D eigenvalue weighted by Crippen LogP contribution is 2.41. The summed E-state index contributed by atoms with van der Waals surface area (Å²) in [6, 6.07) is 26.5. The van der Waals surface area contributed by atoms with E-state index in [0.29, 0.717) is 0 Å². The standard InChI is InChI=1S/C22H12I2S2/c23-17-12-16(22-10-14-6-2-4-8-20(14)26-22)18(24)11-15(17)21-9-13-5-1-3-7-19(13)25-21/h1-12H. The Morgan fingerprint density at radius 2 is 0.962 bits per heavy atom. The van der Waals surface area contributed by atoms with E-state index < -0.39 is 0 Å². The summed E-state index contributed by atoms with van der Waals surface area (Å²) in [5.74, 6) is 0. The number of benzene rings is 3. The molecule has 0 N–H and O–H groups in total. The summed E-state index contributed by atoms with van der Waals surface area (Å²) >= 11 is 8.71. The lowest BCUT2D eigenvalue weighted by Crippen LogP contribution is -1.86. The maximum Gasteiger partial charge on any atom is 0.0366 e. The zero-order chi connectivity index (χ0) is 17.7. The molecule has 4 heteroatoms. The van der Waals surface area contributed by atoms with Gasteiger partial charge in [0.05, 0.1) is 0 Å². The van der Waals surface area contributed by atoms with E-state index in [0.717, 1.165) is 0 Å². The summed E-state index contributed by atoms with van der Waals surface area (Å²) < 4.78 is 5.31. The molecule has 5 rings (SSSR count). The van der Waals surface area contributed by atoms with E-state index in [-0.39, 0.29) is 0 Å². The summed E-state index contributed by atoms with van der Waals surface area (Å²) in [4.78, 5) is 2.69. The SMILES string of the molecule is Ic1cc(-c2cc3ccccc3s2)c(I)cc1-c1cc2ccccc2s1. The Bertz CT molecular complexity index is 1100. The lowest BCUT2D eigenvalue weighted by molar-refractivity contribution is 1.59. The maximum absolute atomic E-state index is 2.48. The lowest BCUT2D eigenvalue weighted by Gasteiger charge is -2.08. The third-order valence-corrected chi connectivity index (χ3v) is 8.52. The van der Waals surface area contributed by atoms with Gasteiger partial charge in [-0.3, -0.25) is 0 Å². The van der Waals surface area contributed by atoms with Crippen LogP contribution in [0.15, 0.2) is 72.8 Å². The van der Waals surface area contributed by atoms with Crippen molar-refractivity contribution in [1.82, 2.24) is 0 Å². The summed E-state index contributed by atoms with van der Waals surface area (Å²) in [6.07, 6.45) is 0. The summed E-state index contributed by atoms with van der Waals surface area (Å²) in [5, 5.41) is 2.65. The van der Waals surface area contributed by atoms with Gasteiger partial charge in [-0.15, -0.1) is 22.7 Å². The third-order valence-electron chi connectivity index (χ3n) is 4.44. The van der Waals surface area contributed by atoms with E-state index in [1.807, 2.05) is 22.7 Å². The smallest absolute Gasteiger partial charge is 0.0366 e. The van der Waals surface area contributed by atoms with Crippen molar-refractivity contribution in [2.75, 3.05) is 0 Å².